The van der Waals surface area contributed by atoms with Crippen LogP contribution in [-0.2, 0) is 0 Å². The van der Waals surface area contributed by atoms with Crippen LogP contribution in [0.3, 0.4) is 0 Å². The zero-order chi connectivity index (χ0) is 10.1. The molecular weight excluding hydrogens is 178 g/mol. The fourth-order valence-corrected chi connectivity index (χ4v) is 2.26. The second-order valence-electron chi connectivity index (χ2n) is 3.78. The summed E-state index contributed by atoms with van der Waals surface area (Å²) in [6.45, 7) is 4.32. The van der Waals surface area contributed by atoms with Crippen molar-refractivity contribution in [3.63, 3.8) is 0 Å². The molecule has 0 amide bonds. The molecule has 1 aromatic rings. The van der Waals surface area contributed by atoms with Gasteiger partial charge in [-0.15, -0.1) is 0 Å². The fraction of sp³-hybridized carbons (Fsp3) is 0.455. The van der Waals surface area contributed by atoms with Crippen LogP contribution in [0, 0.1) is 13.8 Å². The third-order valence-electron chi connectivity index (χ3n) is 2.58. The maximum atomic E-state index is 3.39. The van der Waals surface area contributed by atoms with Crippen molar-refractivity contribution >= 4 is 10.2 Å². The van der Waals surface area contributed by atoms with Crippen LogP contribution >= 0.6 is 10.2 Å². The first-order valence-corrected chi connectivity index (χ1v) is 6.91. The van der Waals surface area contributed by atoms with Crippen molar-refractivity contribution in [1.82, 2.24) is 4.72 Å². The summed E-state index contributed by atoms with van der Waals surface area (Å²) in [5.74, 6) is 0. The largest absolute Gasteiger partial charge is 0.280 e. The SMILES string of the molecule is CNS(C)(C)c1ccc(C)c(C)c1. The summed E-state index contributed by atoms with van der Waals surface area (Å²) in [6.07, 6.45) is 4.55. The summed E-state index contributed by atoms with van der Waals surface area (Å²) < 4.78 is 3.39. The Morgan fingerprint density at radius 1 is 1.08 bits per heavy atom. The second-order valence-corrected chi connectivity index (χ2v) is 7.31. The molecule has 0 aliphatic rings. The van der Waals surface area contributed by atoms with Gasteiger partial charge in [0.2, 0.25) is 0 Å². The topological polar surface area (TPSA) is 12.0 Å². The number of aryl methyl sites for hydroxylation is 2. The van der Waals surface area contributed by atoms with Crippen molar-refractivity contribution in [2.75, 3.05) is 19.6 Å². The highest BCUT2D eigenvalue weighted by Gasteiger charge is 2.11. The lowest BCUT2D eigenvalue weighted by molar-refractivity contribution is 1.21. The number of rotatable bonds is 2. The molecule has 2 heteroatoms. The van der Waals surface area contributed by atoms with Crippen LogP contribution in [0.15, 0.2) is 23.1 Å². The van der Waals surface area contributed by atoms with E-state index in [-0.39, 0.29) is 0 Å². The normalized spacial score (nSPS) is 13.0. The molecule has 13 heavy (non-hydrogen) atoms. The standard InChI is InChI=1S/C11H19NS/c1-9-6-7-11(8-10(9)2)13(4,5)12-3/h6-8,12H,1-5H3. The molecule has 0 aromatic heterocycles. The third-order valence-corrected chi connectivity index (χ3v) is 5.03. The van der Waals surface area contributed by atoms with Crippen LogP contribution in [0.1, 0.15) is 11.1 Å². The molecule has 1 aromatic carbocycles. The quantitative estimate of drug-likeness (QED) is 0.768. The van der Waals surface area contributed by atoms with Crippen LogP contribution in [0.4, 0.5) is 0 Å². The summed E-state index contributed by atoms with van der Waals surface area (Å²) in [7, 11) is 1.24. The van der Waals surface area contributed by atoms with Crippen LogP contribution in [0.2, 0.25) is 0 Å². The molecule has 0 aliphatic carbocycles. The zero-order valence-electron chi connectivity index (χ0n) is 9.14. The number of nitrogens with one attached hydrogen (secondary N) is 1. The van der Waals surface area contributed by atoms with Crippen molar-refractivity contribution < 1.29 is 0 Å². The zero-order valence-corrected chi connectivity index (χ0v) is 9.96. The highest BCUT2D eigenvalue weighted by molar-refractivity contribution is 8.31. The summed E-state index contributed by atoms with van der Waals surface area (Å²) in [5.41, 5.74) is 2.75. The highest BCUT2D eigenvalue weighted by atomic mass is 32.3. The van der Waals surface area contributed by atoms with Gasteiger partial charge in [0.15, 0.2) is 0 Å². The Bertz CT molecular complexity index is 305. The predicted molar refractivity (Wildman–Crippen MR) is 62.7 cm³/mol. The van der Waals surface area contributed by atoms with Gasteiger partial charge in [-0.3, -0.25) is 4.72 Å². The van der Waals surface area contributed by atoms with Gasteiger partial charge < -0.3 is 0 Å². The maximum absolute atomic E-state index is 3.39. The van der Waals surface area contributed by atoms with E-state index in [9.17, 15) is 0 Å². The third kappa shape index (κ3) is 2.26. The molecular formula is C11H19NS. The molecule has 0 spiro atoms. The number of benzene rings is 1. The first kappa shape index (κ1) is 10.6. The maximum Gasteiger partial charge on any atom is 0.00195 e. The van der Waals surface area contributed by atoms with E-state index < -0.39 is 10.2 Å². The lowest BCUT2D eigenvalue weighted by atomic mass is 10.1. The summed E-state index contributed by atoms with van der Waals surface area (Å²) in [5, 5.41) is 0. The Morgan fingerprint density at radius 3 is 2.15 bits per heavy atom. The van der Waals surface area contributed by atoms with Gasteiger partial charge in [0, 0.05) is 4.90 Å². The fourth-order valence-electron chi connectivity index (χ4n) is 1.15. The molecule has 1 rings (SSSR count). The van der Waals surface area contributed by atoms with Gasteiger partial charge in [0.05, 0.1) is 0 Å². The van der Waals surface area contributed by atoms with Crippen LogP contribution < -0.4 is 4.72 Å². The van der Waals surface area contributed by atoms with E-state index >= 15 is 0 Å². The van der Waals surface area contributed by atoms with Gasteiger partial charge in [-0.1, -0.05) is 6.07 Å². The van der Waals surface area contributed by atoms with Gasteiger partial charge in [-0.2, -0.15) is 10.2 Å². The summed E-state index contributed by atoms with van der Waals surface area (Å²) >= 11 is 0. The first-order valence-electron chi connectivity index (χ1n) is 4.46. The van der Waals surface area contributed by atoms with Gasteiger partial charge in [-0.25, -0.2) is 0 Å². The monoisotopic (exact) mass is 197 g/mol. The van der Waals surface area contributed by atoms with E-state index in [0.29, 0.717) is 0 Å². The second kappa shape index (κ2) is 3.72. The van der Waals surface area contributed by atoms with Crippen LogP contribution in [-0.4, -0.2) is 19.6 Å². The molecule has 0 aliphatic heterocycles. The van der Waals surface area contributed by atoms with Crippen molar-refractivity contribution in [2.45, 2.75) is 18.7 Å². The molecule has 0 saturated heterocycles. The van der Waals surface area contributed by atoms with Crippen LogP contribution in [0.25, 0.3) is 0 Å². The molecule has 0 fully saturated rings. The van der Waals surface area contributed by atoms with E-state index in [4.69, 9.17) is 0 Å². The van der Waals surface area contributed by atoms with E-state index in [1.54, 1.807) is 0 Å². The average molecular weight is 197 g/mol. The Kier molecular flexibility index (Phi) is 3.04. The molecule has 0 radical (unpaired) electrons. The lowest BCUT2D eigenvalue weighted by Gasteiger charge is -2.31. The van der Waals surface area contributed by atoms with E-state index in [2.05, 4.69) is 49.3 Å². The summed E-state index contributed by atoms with van der Waals surface area (Å²) in [4.78, 5) is 1.43. The smallest absolute Gasteiger partial charge is 0.00195 e. The van der Waals surface area contributed by atoms with Crippen molar-refractivity contribution in [3.05, 3.63) is 29.3 Å². The Hall–Kier alpha value is -0.470. The van der Waals surface area contributed by atoms with Gasteiger partial charge in [-0.05, 0) is 56.7 Å². The number of hydrogen-bond donors (Lipinski definition) is 1. The molecule has 0 atom stereocenters. The van der Waals surface area contributed by atoms with E-state index in [1.165, 1.54) is 16.0 Å². The minimum absolute atomic E-state index is 0.787. The van der Waals surface area contributed by atoms with E-state index in [0.717, 1.165) is 0 Å². The van der Waals surface area contributed by atoms with Gasteiger partial charge in [0.25, 0.3) is 0 Å². The minimum atomic E-state index is -0.787. The molecule has 74 valence electrons. The summed E-state index contributed by atoms with van der Waals surface area (Å²) in [6, 6.07) is 6.73. The first-order chi connectivity index (χ1) is 5.97. The average Bonchev–Trinajstić information content (AvgIpc) is 2.09. The lowest BCUT2D eigenvalue weighted by Crippen LogP contribution is -2.13. The highest BCUT2D eigenvalue weighted by Crippen LogP contribution is 2.44. The van der Waals surface area contributed by atoms with Crippen molar-refractivity contribution in [2.24, 2.45) is 0 Å². The Balaban J connectivity index is 3.10. The van der Waals surface area contributed by atoms with Gasteiger partial charge in [0.1, 0.15) is 0 Å². The minimum Gasteiger partial charge on any atom is -0.280 e. The number of hydrogen-bond acceptors (Lipinski definition) is 1. The van der Waals surface area contributed by atoms with Crippen molar-refractivity contribution in [1.29, 1.82) is 0 Å². The Morgan fingerprint density at radius 2 is 1.69 bits per heavy atom. The molecule has 0 heterocycles. The van der Waals surface area contributed by atoms with Crippen molar-refractivity contribution in [3.8, 4) is 0 Å². The molecule has 1 nitrogen and oxygen atoms in total. The Labute approximate surface area is 83.0 Å². The van der Waals surface area contributed by atoms with Gasteiger partial charge >= 0.3 is 0 Å². The molecule has 0 bridgehead atoms. The predicted octanol–water partition coefficient (Wildman–Crippen LogP) is 2.86. The van der Waals surface area contributed by atoms with Crippen LogP contribution in [0.5, 0.6) is 0 Å². The van der Waals surface area contributed by atoms with E-state index in [1.807, 2.05) is 7.05 Å². The molecule has 1 N–H and O–H groups in total. The molecule has 0 unspecified atom stereocenters. The molecule has 0 saturated carbocycles.